The van der Waals surface area contributed by atoms with Gasteiger partial charge in [-0.05, 0) is 6.92 Å². The first-order valence-corrected chi connectivity index (χ1v) is 3.84. The molecule has 11 heavy (non-hydrogen) atoms. The molecular formula is C6H10Cl2N2S. The van der Waals surface area contributed by atoms with E-state index < -0.39 is 0 Å². The molecule has 0 spiro atoms. The topological polar surface area (TPSA) is 24.9 Å². The molecule has 0 fully saturated rings. The van der Waals surface area contributed by atoms with Crippen LogP contribution in [-0.2, 0) is 13.1 Å². The van der Waals surface area contributed by atoms with Crippen LogP contribution in [-0.4, -0.2) is 4.98 Å². The number of aryl methyl sites for hydroxylation is 1. The molecule has 1 aromatic rings. The minimum Gasteiger partial charge on any atom is -0.306 e. The highest BCUT2D eigenvalue weighted by atomic mass is 35.5. The van der Waals surface area contributed by atoms with Gasteiger partial charge in [0.2, 0.25) is 0 Å². The van der Waals surface area contributed by atoms with Crippen LogP contribution in [0.5, 0.6) is 0 Å². The second kappa shape index (κ2) is 4.26. The van der Waals surface area contributed by atoms with E-state index in [2.05, 4.69) is 17.2 Å². The third-order valence-electron chi connectivity index (χ3n) is 1.46. The van der Waals surface area contributed by atoms with Crippen LogP contribution >= 0.6 is 36.2 Å². The van der Waals surface area contributed by atoms with E-state index in [0.717, 1.165) is 13.1 Å². The van der Waals surface area contributed by atoms with Crippen LogP contribution in [0, 0.1) is 6.92 Å². The molecule has 1 aromatic heterocycles. The quantitative estimate of drug-likeness (QED) is 0.711. The lowest BCUT2D eigenvalue weighted by Crippen LogP contribution is -2.01. The molecule has 0 unspecified atom stereocenters. The van der Waals surface area contributed by atoms with Crippen LogP contribution in [0.15, 0.2) is 0 Å². The Morgan fingerprint density at radius 2 is 2.09 bits per heavy atom. The summed E-state index contributed by atoms with van der Waals surface area (Å²) in [5.41, 5.74) is 1.26. The molecule has 2 nitrogen and oxygen atoms in total. The highest BCUT2D eigenvalue weighted by Gasteiger charge is 2.13. The Hall–Kier alpha value is 0.170. The summed E-state index contributed by atoms with van der Waals surface area (Å²) in [5.74, 6) is 0. The third kappa shape index (κ3) is 2.06. The maximum atomic E-state index is 4.35. The van der Waals surface area contributed by atoms with Crippen LogP contribution in [0.3, 0.4) is 0 Å². The molecular weight excluding hydrogens is 203 g/mol. The molecule has 0 amide bonds. The van der Waals surface area contributed by atoms with Gasteiger partial charge in [-0.2, -0.15) is 0 Å². The fourth-order valence-corrected chi connectivity index (χ4v) is 2.01. The van der Waals surface area contributed by atoms with Crippen LogP contribution < -0.4 is 5.32 Å². The van der Waals surface area contributed by atoms with E-state index in [1.165, 1.54) is 15.6 Å². The summed E-state index contributed by atoms with van der Waals surface area (Å²) in [6.07, 6.45) is 0. The largest absolute Gasteiger partial charge is 0.306 e. The molecule has 0 bridgehead atoms. The predicted molar refractivity (Wildman–Crippen MR) is 51.9 cm³/mol. The van der Waals surface area contributed by atoms with Crippen molar-refractivity contribution in [3.63, 3.8) is 0 Å². The monoisotopic (exact) mass is 212 g/mol. The highest BCUT2D eigenvalue weighted by Crippen LogP contribution is 2.21. The van der Waals surface area contributed by atoms with Crippen LogP contribution in [0.4, 0.5) is 0 Å². The van der Waals surface area contributed by atoms with Crippen LogP contribution in [0.2, 0.25) is 0 Å². The van der Waals surface area contributed by atoms with Gasteiger partial charge in [0.15, 0.2) is 0 Å². The summed E-state index contributed by atoms with van der Waals surface area (Å²) < 4.78 is 0. The molecule has 1 N–H and O–H groups in total. The Morgan fingerprint density at radius 3 is 2.73 bits per heavy atom. The van der Waals surface area contributed by atoms with Gasteiger partial charge >= 0.3 is 0 Å². The third-order valence-corrected chi connectivity index (χ3v) is 2.48. The SMILES string of the molecule is Cc1nc2c(s1)CNC2.Cl.Cl. The second-order valence-corrected chi connectivity index (χ2v) is 3.49. The highest BCUT2D eigenvalue weighted by molar-refractivity contribution is 7.11. The van der Waals surface area contributed by atoms with E-state index in [1.807, 2.05) is 0 Å². The lowest BCUT2D eigenvalue weighted by Gasteiger charge is -1.84. The Labute approximate surface area is 82.2 Å². The number of halogens is 2. The first kappa shape index (κ1) is 11.2. The zero-order valence-electron chi connectivity index (χ0n) is 6.09. The van der Waals surface area contributed by atoms with Gasteiger partial charge in [-0.25, -0.2) is 4.98 Å². The number of fused-ring (bicyclic) bond motifs is 1. The maximum Gasteiger partial charge on any atom is 0.0901 e. The van der Waals surface area contributed by atoms with Crippen molar-refractivity contribution in [3.8, 4) is 0 Å². The Kier molecular flexibility index (Phi) is 4.32. The summed E-state index contributed by atoms with van der Waals surface area (Å²) in [7, 11) is 0. The van der Waals surface area contributed by atoms with Crippen molar-refractivity contribution >= 4 is 36.2 Å². The predicted octanol–water partition coefficient (Wildman–Crippen LogP) is 1.90. The summed E-state index contributed by atoms with van der Waals surface area (Å²) in [6.45, 7) is 4.06. The van der Waals surface area contributed by atoms with Gasteiger partial charge in [0, 0.05) is 18.0 Å². The van der Waals surface area contributed by atoms with E-state index >= 15 is 0 Å². The fraction of sp³-hybridized carbons (Fsp3) is 0.500. The van der Waals surface area contributed by atoms with Crippen molar-refractivity contribution in [1.29, 1.82) is 0 Å². The van der Waals surface area contributed by atoms with Gasteiger partial charge < -0.3 is 5.32 Å². The Bertz CT molecular complexity index is 215. The number of aromatic nitrogens is 1. The standard InChI is InChI=1S/C6H8N2S.2ClH/c1-4-8-5-2-7-3-6(5)9-4;;/h7H,2-3H2,1H3;2*1H. The van der Waals surface area contributed by atoms with E-state index in [0.29, 0.717) is 0 Å². The minimum atomic E-state index is 0. The fourth-order valence-electron chi connectivity index (χ4n) is 1.08. The summed E-state index contributed by atoms with van der Waals surface area (Å²) in [5, 5.41) is 4.44. The molecule has 0 radical (unpaired) electrons. The van der Waals surface area contributed by atoms with Crippen LogP contribution in [0.25, 0.3) is 0 Å². The van der Waals surface area contributed by atoms with E-state index in [9.17, 15) is 0 Å². The molecule has 1 aliphatic heterocycles. The van der Waals surface area contributed by atoms with Gasteiger partial charge in [0.05, 0.1) is 10.7 Å². The first-order chi connectivity index (χ1) is 4.36. The lowest BCUT2D eigenvalue weighted by atomic mass is 10.4. The molecule has 0 aliphatic carbocycles. The number of hydrogen-bond acceptors (Lipinski definition) is 3. The van der Waals surface area contributed by atoms with Gasteiger partial charge in [0.25, 0.3) is 0 Å². The normalized spacial score (nSPS) is 13.2. The summed E-state index contributed by atoms with van der Waals surface area (Å²) >= 11 is 1.80. The van der Waals surface area contributed by atoms with E-state index in [4.69, 9.17) is 0 Å². The smallest absolute Gasteiger partial charge is 0.0901 e. The van der Waals surface area contributed by atoms with Crippen LogP contribution in [0.1, 0.15) is 15.6 Å². The zero-order chi connectivity index (χ0) is 6.27. The molecule has 0 atom stereocenters. The molecule has 2 rings (SSSR count). The molecule has 64 valence electrons. The average molecular weight is 213 g/mol. The van der Waals surface area contributed by atoms with Crippen molar-refractivity contribution in [2.45, 2.75) is 20.0 Å². The first-order valence-electron chi connectivity index (χ1n) is 3.02. The molecule has 0 saturated heterocycles. The van der Waals surface area contributed by atoms with E-state index in [-0.39, 0.29) is 24.8 Å². The van der Waals surface area contributed by atoms with Gasteiger partial charge in [-0.3, -0.25) is 0 Å². The summed E-state index contributed by atoms with van der Waals surface area (Å²) in [4.78, 5) is 5.77. The van der Waals surface area contributed by atoms with Crippen molar-refractivity contribution in [2.24, 2.45) is 0 Å². The Balaban J connectivity index is 0.000000500. The number of thiazole rings is 1. The minimum absolute atomic E-state index is 0. The van der Waals surface area contributed by atoms with Crippen molar-refractivity contribution in [2.75, 3.05) is 0 Å². The zero-order valence-corrected chi connectivity index (χ0v) is 8.54. The lowest BCUT2D eigenvalue weighted by molar-refractivity contribution is 0.757. The number of nitrogens with zero attached hydrogens (tertiary/aromatic N) is 1. The average Bonchev–Trinajstić information content (AvgIpc) is 2.22. The number of hydrogen-bond donors (Lipinski definition) is 1. The maximum absolute atomic E-state index is 4.35. The summed E-state index contributed by atoms with van der Waals surface area (Å²) in [6, 6.07) is 0. The van der Waals surface area contributed by atoms with Crippen molar-refractivity contribution in [3.05, 3.63) is 15.6 Å². The van der Waals surface area contributed by atoms with Gasteiger partial charge in [-0.15, -0.1) is 36.2 Å². The molecule has 0 saturated carbocycles. The van der Waals surface area contributed by atoms with Crippen molar-refractivity contribution in [1.82, 2.24) is 10.3 Å². The van der Waals surface area contributed by atoms with Gasteiger partial charge in [0.1, 0.15) is 0 Å². The number of rotatable bonds is 0. The molecule has 5 heteroatoms. The number of nitrogens with one attached hydrogen (secondary N) is 1. The second-order valence-electron chi connectivity index (χ2n) is 2.21. The van der Waals surface area contributed by atoms with Gasteiger partial charge in [-0.1, -0.05) is 0 Å². The Morgan fingerprint density at radius 1 is 1.36 bits per heavy atom. The molecule has 0 aromatic carbocycles. The van der Waals surface area contributed by atoms with E-state index in [1.54, 1.807) is 11.3 Å². The molecule has 2 heterocycles. The molecule has 1 aliphatic rings. The van der Waals surface area contributed by atoms with Crippen molar-refractivity contribution < 1.29 is 0 Å².